The molecule has 0 radical (unpaired) electrons. The highest BCUT2D eigenvalue weighted by Crippen LogP contribution is 2.10. The van der Waals surface area contributed by atoms with E-state index in [1.807, 2.05) is 4.90 Å². The molecule has 0 aromatic rings. The number of allylic oxidation sites excluding steroid dienone is 2. The van der Waals surface area contributed by atoms with E-state index in [1.165, 1.54) is 70.6 Å². The highest BCUT2D eigenvalue weighted by molar-refractivity contribution is 7.85. The monoisotopic (exact) mass is 502 g/mol. The van der Waals surface area contributed by atoms with Gasteiger partial charge in [-0.15, -0.1) is 0 Å². The zero-order valence-electron chi connectivity index (χ0n) is 21.6. The van der Waals surface area contributed by atoms with Crippen LogP contribution in [0.2, 0.25) is 0 Å². The highest BCUT2D eigenvalue weighted by atomic mass is 32.2. The lowest BCUT2D eigenvalue weighted by molar-refractivity contribution is -0.144. The van der Waals surface area contributed by atoms with Gasteiger partial charge in [0.15, 0.2) is 0 Å². The summed E-state index contributed by atoms with van der Waals surface area (Å²) < 4.78 is 35.9. The van der Waals surface area contributed by atoms with Crippen LogP contribution in [0, 0.1) is 0 Å². The van der Waals surface area contributed by atoms with Crippen LogP contribution in [-0.2, 0) is 19.6 Å². The lowest BCUT2D eigenvalue weighted by Gasteiger charge is -2.34. The van der Waals surface area contributed by atoms with Crippen LogP contribution in [0.5, 0.6) is 0 Å². The van der Waals surface area contributed by atoms with E-state index < -0.39 is 10.1 Å². The van der Waals surface area contributed by atoms with E-state index in [4.69, 9.17) is 9.29 Å². The third kappa shape index (κ3) is 19.4. The number of nitrogens with zero attached hydrogens (tertiary/aromatic N) is 2. The van der Waals surface area contributed by atoms with Crippen LogP contribution < -0.4 is 0 Å². The Hall–Kier alpha value is -0.960. The second-order valence-corrected chi connectivity index (χ2v) is 11.1. The first-order valence-electron chi connectivity index (χ1n) is 13.6. The van der Waals surface area contributed by atoms with E-state index in [9.17, 15) is 13.2 Å². The number of rotatable bonds is 21. The number of piperazine rings is 1. The standard InChI is InChI=1S/C26H50N2O5S/c1-2-3-4-5-6-7-8-9-10-11-12-13-14-15-16-17-26(29)33-24-22-27-18-20-28(21-19-27)23-25-34(30,31)32/h9-10H,2-8,11-25H2,1H3,(H,30,31,32)/b10-9-. The van der Waals surface area contributed by atoms with Crippen LogP contribution in [0.25, 0.3) is 0 Å². The van der Waals surface area contributed by atoms with Crippen molar-refractivity contribution in [1.82, 2.24) is 9.80 Å². The summed E-state index contributed by atoms with van der Waals surface area (Å²) in [6, 6.07) is 0. The molecule has 1 N–H and O–H groups in total. The third-order valence-electron chi connectivity index (χ3n) is 6.44. The number of hydrogen-bond acceptors (Lipinski definition) is 6. The van der Waals surface area contributed by atoms with Gasteiger partial charge in [-0.25, -0.2) is 0 Å². The zero-order chi connectivity index (χ0) is 24.9. The quantitative estimate of drug-likeness (QED) is 0.101. The fourth-order valence-electron chi connectivity index (χ4n) is 4.18. The maximum absolute atomic E-state index is 11.9. The summed E-state index contributed by atoms with van der Waals surface area (Å²) in [6.45, 7) is 6.90. The van der Waals surface area contributed by atoms with Crippen molar-refractivity contribution in [3.05, 3.63) is 12.2 Å². The summed E-state index contributed by atoms with van der Waals surface area (Å²) in [5.74, 6) is -0.328. The molecule has 200 valence electrons. The van der Waals surface area contributed by atoms with Crippen molar-refractivity contribution in [2.24, 2.45) is 0 Å². The van der Waals surface area contributed by atoms with E-state index in [0.29, 0.717) is 26.1 Å². The lowest BCUT2D eigenvalue weighted by Crippen LogP contribution is -2.48. The second-order valence-electron chi connectivity index (χ2n) is 9.52. The van der Waals surface area contributed by atoms with Crippen molar-refractivity contribution < 1.29 is 22.5 Å². The van der Waals surface area contributed by atoms with Crippen LogP contribution in [-0.4, -0.2) is 80.4 Å². The number of carbonyl (C=O) groups is 1. The molecule has 1 fully saturated rings. The molecule has 0 amide bonds. The molecular weight excluding hydrogens is 452 g/mol. The first-order valence-corrected chi connectivity index (χ1v) is 15.2. The molecule has 7 nitrogen and oxygen atoms in total. The van der Waals surface area contributed by atoms with Crippen molar-refractivity contribution in [3.8, 4) is 0 Å². The van der Waals surface area contributed by atoms with Crippen LogP contribution in [0.3, 0.4) is 0 Å². The molecule has 1 aliphatic rings. The SMILES string of the molecule is CCCCCCCC/C=C\CCCCCCCC(=O)OCCN1CCN(CCS(=O)(=O)O)CC1. The Morgan fingerprint density at radius 2 is 1.29 bits per heavy atom. The van der Waals surface area contributed by atoms with Crippen molar-refractivity contribution in [1.29, 1.82) is 0 Å². The average Bonchev–Trinajstić information content (AvgIpc) is 2.80. The van der Waals surface area contributed by atoms with Gasteiger partial charge in [0.2, 0.25) is 0 Å². The van der Waals surface area contributed by atoms with Crippen LogP contribution in [0.15, 0.2) is 12.2 Å². The fraction of sp³-hybridized carbons (Fsp3) is 0.885. The minimum Gasteiger partial charge on any atom is -0.464 e. The van der Waals surface area contributed by atoms with Crippen LogP contribution in [0.4, 0.5) is 0 Å². The molecule has 0 unspecified atom stereocenters. The summed E-state index contributed by atoms with van der Waals surface area (Å²) in [5, 5.41) is 0. The Morgan fingerprint density at radius 1 is 0.794 bits per heavy atom. The van der Waals surface area contributed by atoms with Crippen molar-refractivity contribution >= 4 is 16.1 Å². The Kier molecular flexibility index (Phi) is 18.5. The van der Waals surface area contributed by atoms with Gasteiger partial charge >= 0.3 is 5.97 Å². The van der Waals surface area contributed by atoms with Gasteiger partial charge < -0.3 is 4.74 Å². The number of esters is 1. The average molecular weight is 503 g/mol. The number of hydrogen-bond donors (Lipinski definition) is 1. The van der Waals surface area contributed by atoms with Gasteiger partial charge in [0.05, 0.1) is 5.75 Å². The van der Waals surface area contributed by atoms with Crippen LogP contribution >= 0.6 is 0 Å². The molecule has 0 saturated carbocycles. The minimum atomic E-state index is -3.90. The molecule has 0 spiro atoms. The molecule has 0 aromatic carbocycles. The molecule has 0 bridgehead atoms. The number of carbonyl (C=O) groups excluding carboxylic acids is 1. The third-order valence-corrected chi connectivity index (χ3v) is 7.14. The Labute approximate surface area is 209 Å². The number of ether oxygens (including phenoxy) is 1. The van der Waals surface area contributed by atoms with Gasteiger partial charge in [-0.3, -0.25) is 19.1 Å². The van der Waals surface area contributed by atoms with Crippen molar-refractivity contribution in [2.75, 3.05) is 51.6 Å². The van der Waals surface area contributed by atoms with Crippen LogP contribution in [0.1, 0.15) is 96.8 Å². The van der Waals surface area contributed by atoms with E-state index in [2.05, 4.69) is 24.0 Å². The van der Waals surface area contributed by atoms with E-state index in [0.717, 1.165) is 39.0 Å². The van der Waals surface area contributed by atoms with E-state index in [1.54, 1.807) is 0 Å². The summed E-state index contributed by atoms with van der Waals surface area (Å²) in [7, 11) is -3.90. The lowest BCUT2D eigenvalue weighted by atomic mass is 10.1. The minimum absolute atomic E-state index is 0.107. The highest BCUT2D eigenvalue weighted by Gasteiger charge is 2.18. The molecule has 1 rings (SSSR count). The molecule has 0 atom stereocenters. The van der Waals surface area contributed by atoms with Gasteiger partial charge in [0.25, 0.3) is 10.1 Å². The first kappa shape index (κ1) is 31.1. The molecule has 1 saturated heterocycles. The summed E-state index contributed by atoms with van der Waals surface area (Å²) in [5.41, 5.74) is 0. The van der Waals surface area contributed by atoms with E-state index >= 15 is 0 Å². The molecule has 0 aromatic heterocycles. The largest absolute Gasteiger partial charge is 0.464 e. The van der Waals surface area contributed by atoms with Crippen molar-refractivity contribution in [3.63, 3.8) is 0 Å². The maximum Gasteiger partial charge on any atom is 0.305 e. The molecule has 1 heterocycles. The predicted octanol–water partition coefficient (Wildman–Crippen LogP) is 5.07. The van der Waals surface area contributed by atoms with Gasteiger partial charge in [-0.05, 0) is 32.1 Å². The Balaban J connectivity index is 1.86. The number of unbranched alkanes of at least 4 members (excludes halogenated alkanes) is 11. The maximum atomic E-state index is 11.9. The Morgan fingerprint density at radius 3 is 1.85 bits per heavy atom. The first-order chi connectivity index (χ1) is 16.4. The normalized spacial score (nSPS) is 15.8. The van der Waals surface area contributed by atoms with Gasteiger partial charge in [0, 0.05) is 45.7 Å². The van der Waals surface area contributed by atoms with Gasteiger partial charge in [-0.1, -0.05) is 70.4 Å². The summed E-state index contributed by atoms with van der Waals surface area (Å²) >= 11 is 0. The smallest absolute Gasteiger partial charge is 0.305 e. The summed E-state index contributed by atoms with van der Waals surface area (Å²) in [4.78, 5) is 16.2. The summed E-state index contributed by atoms with van der Waals surface area (Å²) in [6.07, 6.45) is 21.4. The Bertz CT molecular complexity index is 631. The molecule has 0 aliphatic carbocycles. The topological polar surface area (TPSA) is 87.2 Å². The fourth-order valence-corrected chi connectivity index (χ4v) is 4.67. The van der Waals surface area contributed by atoms with Gasteiger partial charge in [0.1, 0.15) is 6.61 Å². The molecule has 34 heavy (non-hydrogen) atoms. The van der Waals surface area contributed by atoms with E-state index in [-0.39, 0.29) is 11.7 Å². The predicted molar refractivity (Wildman–Crippen MR) is 140 cm³/mol. The second kappa shape index (κ2) is 20.3. The molecule has 1 aliphatic heterocycles. The molecule has 8 heteroatoms. The zero-order valence-corrected chi connectivity index (χ0v) is 22.4. The van der Waals surface area contributed by atoms with Gasteiger partial charge in [-0.2, -0.15) is 8.42 Å². The molecular formula is C26H50N2O5S. The van der Waals surface area contributed by atoms with Crippen molar-refractivity contribution in [2.45, 2.75) is 96.8 Å².